The summed E-state index contributed by atoms with van der Waals surface area (Å²) >= 11 is 6.67. The quantitative estimate of drug-likeness (QED) is 0.356. The Balaban J connectivity index is 1.62. The molecule has 0 aliphatic carbocycles. The van der Waals surface area contributed by atoms with Gasteiger partial charge in [-0.1, -0.05) is 29.8 Å². The van der Waals surface area contributed by atoms with Crippen molar-refractivity contribution in [1.82, 2.24) is 0 Å². The first-order valence-electron chi connectivity index (χ1n) is 11.0. The van der Waals surface area contributed by atoms with Crippen LogP contribution in [-0.4, -0.2) is 76.4 Å². The van der Waals surface area contributed by atoms with E-state index in [2.05, 4.69) is 0 Å². The third-order valence-electron chi connectivity index (χ3n) is 6.12. The van der Waals surface area contributed by atoms with Gasteiger partial charge in [-0.25, -0.2) is 0 Å². The molecule has 4 rings (SSSR count). The molecule has 5 unspecified atom stereocenters. The molecule has 2 aromatic rings. The van der Waals surface area contributed by atoms with Crippen LogP contribution in [0.3, 0.4) is 0 Å². The number of fused-ring (bicyclic) bond motifs is 1. The van der Waals surface area contributed by atoms with Crippen molar-refractivity contribution in [1.29, 1.82) is 0 Å². The van der Waals surface area contributed by atoms with Crippen molar-refractivity contribution >= 4 is 11.6 Å². The highest BCUT2D eigenvalue weighted by Crippen LogP contribution is 2.44. The van der Waals surface area contributed by atoms with Crippen LogP contribution in [0.2, 0.25) is 5.02 Å². The van der Waals surface area contributed by atoms with Crippen LogP contribution < -0.4 is 9.47 Å². The van der Waals surface area contributed by atoms with Gasteiger partial charge in [0.2, 0.25) is 0 Å². The van der Waals surface area contributed by atoms with Crippen molar-refractivity contribution in [2.45, 2.75) is 49.8 Å². The molecular formula is C24H29ClO8. The molecule has 9 heteroatoms. The maximum absolute atomic E-state index is 10.7. The number of hydrogen-bond acceptors (Lipinski definition) is 8. The summed E-state index contributed by atoms with van der Waals surface area (Å²) in [5.41, 5.74) is 3.16. The molecule has 2 aromatic carbocycles. The topological polar surface area (TPSA) is 129 Å². The number of benzene rings is 2. The summed E-state index contributed by atoms with van der Waals surface area (Å²) in [5, 5.41) is 50.0. The average Bonchev–Trinajstić information content (AvgIpc) is 3.32. The summed E-state index contributed by atoms with van der Waals surface area (Å²) in [5.74, 6) is 1.24. The van der Waals surface area contributed by atoms with Gasteiger partial charge in [-0.2, -0.15) is 0 Å². The Kier molecular flexibility index (Phi) is 7.76. The molecule has 0 spiro atoms. The highest BCUT2D eigenvalue weighted by Gasteiger charge is 2.45. The van der Waals surface area contributed by atoms with E-state index in [1.165, 1.54) is 0 Å². The van der Waals surface area contributed by atoms with E-state index in [0.29, 0.717) is 54.6 Å². The van der Waals surface area contributed by atoms with Gasteiger partial charge in [0.1, 0.15) is 42.0 Å². The van der Waals surface area contributed by atoms with E-state index in [9.17, 15) is 20.4 Å². The zero-order valence-corrected chi connectivity index (χ0v) is 18.8. The smallest absolute Gasteiger partial charge is 0.141 e. The van der Waals surface area contributed by atoms with Crippen molar-refractivity contribution in [2.24, 2.45) is 0 Å². The van der Waals surface area contributed by atoms with Crippen molar-refractivity contribution in [2.75, 3.05) is 26.4 Å². The molecule has 5 atom stereocenters. The zero-order valence-electron chi connectivity index (χ0n) is 18.1. The van der Waals surface area contributed by atoms with Crippen LogP contribution in [0.5, 0.6) is 11.5 Å². The van der Waals surface area contributed by atoms with Gasteiger partial charge in [0.15, 0.2) is 0 Å². The lowest BCUT2D eigenvalue weighted by Crippen LogP contribution is -2.55. The lowest BCUT2D eigenvalue weighted by molar-refractivity contribution is -0.231. The summed E-state index contributed by atoms with van der Waals surface area (Å²) in [4.78, 5) is 0. The SMILES string of the molecule is OCCCOc1ccc(Cc2cc(C3OC(CO)C(O)C(O)C3O)c3c(c2Cl)OCC3)cc1. The van der Waals surface area contributed by atoms with Crippen molar-refractivity contribution in [3.63, 3.8) is 0 Å². The van der Waals surface area contributed by atoms with Crippen molar-refractivity contribution < 1.29 is 39.7 Å². The molecule has 0 radical (unpaired) electrons. The summed E-state index contributed by atoms with van der Waals surface area (Å²) < 4.78 is 17.2. The highest BCUT2D eigenvalue weighted by atomic mass is 35.5. The van der Waals surface area contributed by atoms with Crippen LogP contribution in [-0.2, 0) is 17.6 Å². The Hall–Kier alpha value is -1.91. The number of aliphatic hydroxyl groups excluding tert-OH is 5. The molecule has 2 aliphatic rings. The van der Waals surface area contributed by atoms with Crippen LogP contribution in [0.1, 0.15) is 34.8 Å². The summed E-state index contributed by atoms with van der Waals surface area (Å²) in [6.45, 7) is 0.455. The minimum atomic E-state index is -1.46. The molecule has 180 valence electrons. The summed E-state index contributed by atoms with van der Waals surface area (Å²) in [7, 11) is 0. The zero-order chi connectivity index (χ0) is 23.5. The predicted octanol–water partition coefficient (Wildman–Crippen LogP) is 1.14. The van der Waals surface area contributed by atoms with E-state index in [1.54, 1.807) is 0 Å². The van der Waals surface area contributed by atoms with Gasteiger partial charge in [-0.15, -0.1) is 0 Å². The fourth-order valence-corrected chi connectivity index (χ4v) is 4.62. The van der Waals surface area contributed by atoms with Gasteiger partial charge in [-0.05, 0) is 35.2 Å². The number of ether oxygens (including phenoxy) is 3. The molecule has 8 nitrogen and oxygen atoms in total. The van der Waals surface area contributed by atoms with E-state index < -0.39 is 37.1 Å². The van der Waals surface area contributed by atoms with Gasteiger partial charge >= 0.3 is 0 Å². The molecule has 0 saturated carbocycles. The lowest BCUT2D eigenvalue weighted by Gasteiger charge is -2.40. The lowest BCUT2D eigenvalue weighted by atomic mass is 9.87. The second-order valence-corrected chi connectivity index (χ2v) is 8.72. The minimum Gasteiger partial charge on any atom is -0.494 e. The van der Waals surface area contributed by atoms with E-state index in [-0.39, 0.29) is 6.61 Å². The fourth-order valence-electron chi connectivity index (χ4n) is 4.33. The number of halogens is 1. The highest BCUT2D eigenvalue weighted by molar-refractivity contribution is 6.33. The molecule has 0 bridgehead atoms. The van der Waals surface area contributed by atoms with Gasteiger partial charge in [0.25, 0.3) is 0 Å². The second kappa shape index (κ2) is 10.6. The molecule has 33 heavy (non-hydrogen) atoms. The molecule has 1 saturated heterocycles. The van der Waals surface area contributed by atoms with E-state index >= 15 is 0 Å². The maximum Gasteiger partial charge on any atom is 0.141 e. The summed E-state index contributed by atoms with van der Waals surface area (Å²) in [6, 6.07) is 9.39. The van der Waals surface area contributed by atoms with Crippen LogP contribution in [0.4, 0.5) is 0 Å². The van der Waals surface area contributed by atoms with Gasteiger partial charge in [-0.3, -0.25) is 0 Å². The standard InChI is InChI=1S/C24H29ClO8/c25-19-14(10-13-2-4-15(5-3-13)31-8-1-7-26)11-17(16-6-9-32-23(16)19)24-22(30)21(29)20(28)18(12-27)33-24/h2-5,11,18,20-22,24,26-30H,1,6-10,12H2. The van der Waals surface area contributed by atoms with Crippen molar-refractivity contribution in [3.8, 4) is 11.5 Å². The average molecular weight is 481 g/mol. The molecule has 2 heterocycles. The van der Waals surface area contributed by atoms with Crippen molar-refractivity contribution in [3.05, 3.63) is 57.6 Å². The monoisotopic (exact) mass is 480 g/mol. The van der Waals surface area contributed by atoms with Gasteiger partial charge < -0.3 is 39.7 Å². The minimum absolute atomic E-state index is 0.0771. The number of aliphatic hydroxyl groups is 5. The Morgan fingerprint density at radius 1 is 1.03 bits per heavy atom. The first-order valence-corrected chi connectivity index (χ1v) is 11.4. The van der Waals surface area contributed by atoms with Crippen LogP contribution >= 0.6 is 11.6 Å². The number of hydrogen-bond donors (Lipinski definition) is 5. The molecule has 2 aliphatic heterocycles. The molecule has 1 fully saturated rings. The maximum atomic E-state index is 10.7. The van der Waals surface area contributed by atoms with Crippen LogP contribution in [0, 0.1) is 0 Å². The third-order valence-corrected chi connectivity index (χ3v) is 6.53. The fraction of sp³-hybridized carbons (Fsp3) is 0.500. The Bertz CT molecular complexity index is 948. The predicted molar refractivity (Wildman–Crippen MR) is 120 cm³/mol. The largest absolute Gasteiger partial charge is 0.494 e. The molecule has 5 N–H and O–H groups in total. The first-order chi connectivity index (χ1) is 15.9. The Morgan fingerprint density at radius 3 is 2.48 bits per heavy atom. The Morgan fingerprint density at radius 2 is 1.79 bits per heavy atom. The molecular weight excluding hydrogens is 452 g/mol. The summed E-state index contributed by atoms with van der Waals surface area (Å²) in [6.07, 6.45) is -4.59. The molecule has 0 aromatic heterocycles. The second-order valence-electron chi connectivity index (χ2n) is 8.34. The van der Waals surface area contributed by atoms with Crippen LogP contribution in [0.25, 0.3) is 0 Å². The van der Waals surface area contributed by atoms with E-state index in [0.717, 1.165) is 16.7 Å². The Labute approximate surface area is 196 Å². The van der Waals surface area contributed by atoms with E-state index in [4.69, 9.17) is 30.9 Å². The third kappa shape index (κ3) is 4.97. The van der Waals surface area contributed by atoms with E-state index in [1.807, 2.05) is 30.3 Å². The first kappa shape index (κ1) is 24.2. The number of rotatable bonds is 8. The van der Waals surface area contributed by atoms with Gasteiger partial charge in [0, 0.05) is 25.0 Å². The molecule has 0 amide bonds. The normalized spacial score (nSPS) is 26.7. The van der Waals surface area contributed by atoms with Gasteiger partial charge in [0.05, 0.1) is 24.8 Å². The van der Waals surface area contributed by atoms with Crippen LogP contribution in [0.15, 0.2) is 30.3 Å².